The largest absolute Gasteiger partial charge is 0.368 e. The van der Waals surface area contributed by atoms with Crippen LogP contribution in [0.3, 0.4) is 0 Å². The highest BCUT2D eigenvalue weighted by atomic mass is 16.1. The molecule has 1 aliphatic heterocycles. The van der Waals surface area contributed by atoms with Crippen LogP contribution in [0.2, 0.25) is 0 Å². The van der Waals surface area contributed by atoms with E-state index in [-0.39, 0.29) is 5.91 Å². The molecule has 126 valence electrons. The molecule has 0 saturated carbocycles. The van der Waals surface area contributed by atoms with Crippen molar-refractivity contribution >= 4 is 5.91 Å². The Morgan fingerprint density at radius 2 is 1.75 bits per heavy atom. The Bertz CT molecular complexity index is 671. The van der Waals surface area contributed by atoms with Gasteiger partial charge in [-0.1, -0.05) is 74.0 Å². The topological polar surface area (TPSA) is 46.3 Å². The minimum atomic E-state index is -0.712. The number of amides is 1. The first-order chi connectivity index (χ1) is 11.7. The smallest absolute Gasteiger partial charge is 0.242 e. The van der Waals surface area contributed by atoms with Gasteiger partial charge in [-0.05, 0) is 29.9 Å². The molecule has 2 unspecified atom stereocenters. The maximum absolute atomic E-state index is 12.7. The van der Waals surface area contributed by atoms with Crippen LogP contribution in [0, 0.1) is 5.92 Å². The minimum Gasteiger partial charge on any atom is -0.368 e. The van der Waals surface area contributed by atoms with Crippen molar-refractivity contribution < 1.29 is 4.79 Å². The second-order valence-electron chi connectivity index (χ2n) is 6.76. The zero-order chi connectivity index (χ0) is 17.0. The lowest BCUT2D eigenvalue weighted by Crippen LogP contribution is -2.58. The van der Waals surface area contributed by atoms with E-state index in [4.69, 9.17) is 5.73 Å². The number of nitrogens with zero attached hydrogens (tertiary/aromatic N) is 1. The highest BCUT2D eigenvalue weighted by molar-refractivity contribution is 5.86. The molecule has 3 rings (SSSR count). The normalized spacial score (nSPS) is 24.6. The number of benzene rings is 2. The molecule has 0 aliphatic carbocycles. The molecule has 2 aromatic rings. The van der Waals surface area contributed by atoms with Crippen LogP contribution in [0.15, 0.2) is 60.7 Å². The number of primary amides is 1. The Kier molecular flexibility index (Phi) is 5.00. The lowest BCUT2D eigenvalue weighted by atomic mass is 9.74. The zero-order valence-electron chi connectivity index (χ0n) is 14.3. The standard InChI is InChI=1S/C21H26N2O/c1-2-17-13-14-23(16-18-9-5-3-6-10-18)21(15-17,20(22)24)19-11-7-4-8-12-19/h3-12,17H,2,13-16H2,1H3,(H2,22,24). The second-order valence-corrected chi connectivity index (χ2v) is 6.76. The highest BCUT2D eigenvalue weighted by Crippen LogP contribution is 2.42. The van der Waals surface area contributed by atoms with Gasteiger partial charge in [-0.25, -0.2) is 0 Å². The average molecular weight is 322 g/mol. The maximum atomic E-state index is 12.7. The number of rotatable bonds is 5. The molecule has 0 aromatic heterocycles. The van der Waals surface area contributed by atoms with Gasteiger partial charge >= 0.3 is 0 Å². The van der Waals surface area contributed by atoms with Gasteiger partial charge < -0.3 is 5.73 Å². The van der Waals surface area contributed by atoms with Gasteiger partial charge in [-0.15, -0.1) is 0 Å². The van der Waals surface area contributed by atoms with Crippen molar-refractivity contribution in [1.29, 1.82) is 0 Å². The molecular weight excluding hydrogens is 296 g/mol. The van der Waals surface area contributed by atoms with E-state index >= 15 is 0 Å². The van der Waals surface area contributed by atoms with Crippen molar-refractivity contribution in [2.45, 2.75) is 38.3 Å². The zero-order valence-corrected chi connectivity index (χ0v) is 14.3. The van der Waals surface area contributed by atoms with Gasteiger partial charge in [0.2, 0.25) is 5.91 Å². The number of hydrogen-bond acceptors (Lipinski definition) is 2. The molecular formula is C21H26N2O. The summed E-state index contributed by atoms with van der Waals surface area (Å²) in [7, 11) is 0. The molecule has 1 amide bonds. The number of nitrogens with two attached hydrogens (primary N) is 1. The first-order valence-corrected chi connectivity index (χ1v) is 8.81. The lowest BCUT2D eigenvalue weighted by Gasteiger charge is -2.48. The van der Waals surface area contributed by atoms with E-state index in [1.54, 1.807) is 0 Å². The fraction of sp³-hybridized carbons (Fsp3) is 0.381. The molecule has 0 radical (unpaired) electrons. The van der Waals surface area contributed by atoms with Crippen LogP contribution in [0.5, 0.6) is 0 Å². The fourth-order valence-corrected chi connectivity index (χ4v) is 3.96. The predicted molar refractivity (Wildman–Crippen MR) is 97.2 cm³/mol. The van der Waals surface area contributed by atoms with Gasteiger partial charge in [0.1, 0.15) is 5.54 Å². The van der Waals surface area contributed by atoms with Crippen LogP contribution in [0.4, 0.5) is 0 Å². The Morgan fingerprint density at radius 3 is 2.33 bits per heavy atom. The van der Waals surface area contributed by atoms with Crippen LogP contribution in [-0.4, -0.2) is 17.4 Å². The average Bonchev–Trinajstić information content (AvgIpc) is 2.63. The second kappa shape index (κ2) is 7.18. The third-order valence-corrected chi connectivity index (χ3v) is 5.38. The SMILES string of the molecule is CCC1CCN(Cc2ccccc2)C(C(N)=O)(c2ccccc2)C1. The van der Waals surface area contributed by atoms with E-state index in [2.05, 4.69) is 24.0 Å². The van der Waals surface area contributed by atoms with Gasteiger partial charge in [0, 0.05) is 13.1 Å². The van der Waals surface area contributed by atoms with Crippen molar-refractivity contribution in [1.82, 2.24) is 4.90 Å². The number of hydrogen-bond donors (Lipinski definition) is 1. The number of carbonyl (C=O) groups excluding carboxylic acids is 1. The number of piperidine rings is 1. The molecule has 1 heterocycles. The molecule has 1 aliphatic rings. The molecule has 2 N–H and O–H groups in total. The molecule has 0 bridgehead atoms. The third-order valence-electron chi connectivity index (χ3n) is 5.38. The fourth-order valence-electron chi connectivity index (χ4n) is 3.96. The summed E-state index contributed by atoms with van der Waals surface area (Å²) in [4.78, 5) is 15.0. The van der Waals surface area contributed by atoms with Crippen molar-refractivity contribution in [2.75, 3.05) is 6.54 Å². The van der Waals surface area contributed by atoms with Crippen LogP contribution in [0.1, 0.15) is 37.3 Å². The molecule has 3 heteroatoms. The Balaban J connectivity index is 2.02. The summed E-state index contributed by atoms with van der Waals surface area (Å²) < 4.78 is 0. The van der Waals surface area contributed by atoms with Crippen molar-refractivity contribution in [2.24, 2.45) is 11.7 Å². The number of carbonyl (C=O) groups is 1. The van der Waals surface area contributed by atoms with Crippen molar-refractivity contribution in [3.8, 4) is 0 Å². The van der Waals surface area contributed by atoms with Crippen LogP contribution >= 0.6 is 0 Å². The van der Waals surface area contributed by atoms with Gasteiger partial charge in [0.15, 0.2) is 0 Å². The van der Waals surface area contributed by atoms with Crippen LogP contribution in [-0.2, 0) is 16.9 Å². The van der Waals surface area contributed by atoms with E-state index in [1.165, 1.54) is 5.56 Å². The summed E-state index contributed by atoms with van der Waals surface area (Å²) in [6.45, 7) is 3.84. The molecule has 0 spiro atoms. The molecule has 3 nitrogen and oxygen atoms in total. The molecule has 1 saturated heterocycles. The number of likely N-dealkylation sites (tertiary alicyclic amines) is 1. The summed E-state index contributed by atoms with van der Waals surface area (Å²) in [6.07, 6.45) is 3.00. The van der Waals surface area contributed by atoms with Gasteiger partial charge in [-0.2, -0.15) is 0 Å². The van der Waals surface area contributed by atoms with E-state index in [0.29, 0.717) is 5.92 Å². The van der Waals surface area contributed by atoms with Crippen LogP contribution < -0.4 is 5.73 Å². The summed E-state index contributed by atoms with van der Waals surface area (Å²) >= 11 is 0. The van der Waals surface area contributed by atoms with Gasteiger partial charge in [0.05, 0.1) is 0 Å². The van der Waals surface area contributed by atoms with E-state index < -0.39 is 5.54 Å². The van der Waals surface area contributed by atoms with E-state index in [1.807, 2.05) is 48.5 Å². The van der Waals surface area contributed by atoms with Crippen molar-refractivity contribution in [3.63, 3.8) is 0 Å². The Morgan fingerprint density at radius 1 is 1.12 bits per heavy atom. The first kappa shape index (κ1) is 16.7. The monoisotopic (exact) mass is 322 g/mol. The van der Waals surface area contributed by atoms with Crippen LogP contribution in [0.25, 0.3) is 0 Å². The Labute approximate surface area is 144 Å². The summed E-state index contributed by atoms with van der Waals surface area (Å²) in [5.41, 5.74) is 7.54. The van der Waals surface area contributed by atoms with Gasteiger partial charge in [0.25, 0.3) is 0 Å². The first-order valence-electron chi connectivity index (χ1n) is 8.81. The third kappa shape index (κ3) is 3.09. The molecule has 2 aromatic carbocycles. The molecule has 24 heavy (non-hydrogen) atoms. The summed E-state index contributed by atoms with van der Waals surface area (Å²) in [5.74, 6) is 0.299. The van der Waals surface area contributed by atoms with Crippen molar-refractivity contribution in [3.05, 3.63) is 71.8 Å². The molecule has 1 fully saturated rings. The maximum Gasteiger partial charge on any atom is 0.242 e. The summed E-state index contributed by atoms with van der Waals surface area (Å²) in [6, 6.07) is 20.4. The van der Waals surface area contributed by atoms with E-state index in [9.17, 15) is 4.79 Å². The quantitative estimate of drug-likeness (QED) is 0.912. The molecule has 2 atom stereocenters. The summed E-state index contributed by atoms with van der Waals surface area (Å²) in [5, 5.41) is 0. The highest BCUT2D eigenvalue weighted by Gasteiger charge is 2.47. The minimum absolute atomic E-state index is 0.234. The Hall–Kier alpha value is -2.13. The van der Waals surface area contributed by atoms with E-state index in [0.717, 1.165) is 37.9 Å². The predicted octanol–water partition coefficient (Wildman–Crippen LogP) is 3.69. The lowest BCUT2D eigenvalue weighted by molar-refractivity contribution is -0.136. The van der Waals surface area contributed by atoms with Gasteiger partial charge in [-0.3, -0.25) is 9.69 Å².